The van der Waals surface area contributed by atoms with Crippen molar-refractivity contribution in [2.75, 3.05) is 31.2 Å². The second-order valence-electron chi connectivity index (χ2n) is 5.23. The van der Waals surface area contributed by atoms with Gasteiger partial charge in [-0.1, -0.05) is 41.7 Å². The standard InChI is InChI=1S/C18H13N5OS/c19-10-14(11-20)15(12-21)17-16(13-4-2-1-3-5-13)22-18(25-17)23-6-8-24-9-7-23/h1-5H,6-9H2. The molecule has 1 aromatic heterocycles. The van der Waals surface area contributed by atoms with Gasteiger partial charge in [0.1, 0.15) is 29.4 Å². The van der Waals surface area contributed by atoms with E-state index in [1.807, 2.05) is 48.5 Å². The molecular formula is C18H13N5OS. The summed E-state index contributed by atoms with van der Waals surface area (Å²) in [5, 5.41) is 28.7. The van der Waals surface area contributed by atoms with E-state index in [0.29, 0.717) is 23.8 Å². The van der Waals surface area contributed by atoms with Gasteiger partial charge in [-0.05, 0) is 0 Å². The SMILES string of the molecule is N#CC(C#N)=C(C#N)c1sc(N2CCOCC2)nc1-c1ccccc1. The lowest BCUT2D eigenvalue weighted by Gasteiger charge is -2.26. The van der Waals surface area contributed by atoms with E-state index in [1.165, 1.54) is 11.3 Å². The molecule has 6 nitrogen and oxygen atoms in total. The summed E-state index contributed by atoms with van der Waals surface area (Å²) in [6.45, 7) is 2.68. The van der Waals surface area contributed by atoms with Gasteiger partial charge in [0.2, 0.25) is 0 Å². The number of thiazole rings is 1. The zero-order valence-electron chi connectivity index (χ0n) is 13.3. The van der Waals surface area contributed by atoms with Crippen LogP contribution >= 0.6 is 11.3 Å². The molecule has 3 rings (SSSR count). The minimum atomic E-state index is -0.197. The van der Waals surface area contributed by atoms with Gasteiger partial charge in [-0.3, -0.25) is 0 Å². The van der Waals surface area contributed by atoms with Crippen LogP contribution in [0, 0.1) is 34.0 Å². The Labute approximate surface area is 149 Å². The number of allylic oxidation sites excluding steroid dienone is 2. The minimum absolute atomic E-state index is 0.0702. The Bertz CT molecular complexity index is 905. The van der Waals surface area contributed by atoms with Crippen molar-refractivity contribution in [3.05, 3.63) is 40.8 Å². The highest BCUT2D eigenvalue weighted by Crippen LogP contribution is 2.38. The Morgan fingerprint density at radius 1 is 1.04 bits per heavy atom. The molecule has 2 aromatic rings. The van der Waals surface area contributed by atoms with E-state index < -0.39 is 0 Å². The first-order chi connectivity index (χ1) is 12.3. The molecule has 0 radical (unpaired) electrons. The van der Waals surface area contributed by atoms with Crippen molar-refractivity contribution in [2.45, 2.75) is 0 Å². The van der Waals surface area contributed by atoms with Crippen molar-refractivity contribution in [1.29, 1.82) is 15.8 Å². The largest absolute Gasteiger partial charge is 0.378 e. The molecule has 25 heavy (non-hydrogen) atoms. The van der Waals surface area contributed by atoms with Crippen LogP contribution in [-0.4, -0.2) is 31.3 Å². The summed E-state index contributed by atoms with van der Waals surface area (Å²) in [4.78, 5) is 7.35. The quantitative estimate of drug-likeness (QED) is 0.792. The third-order valence-electron chi connectivity index (χ3n) is 3.76. The lowest BCUT2D eigenvalue weighted by Crippen LogP contribution is -2.36. The average molecular weight is 347 g/mol. The van der Waals surface area contributed by atoms with E-state index in [0.717, 1.165) is 23.8 Å². The number of nitriles is 3. The zero-order chi connectivity index (χ0) is 17.6. The number of benzene rings is 1. The number of ether oxygens (including phenoxy) is 1. The van der Waals surface area contributed by atoms with Crippen molar-refractivity contribution in [2.24, 2.45) is 0 Å². The smallest absolute Gasteiger partial charge is 0.186 e. The Hall–Kier alpha value is -3.18. The molecule has 0 atom stereocenters. The minimum Gasteiger partial charge on any atom is -0.378 e. The molecule has 1 fully saturated rings. The second-order valence-corrected chi connectivity index (χ2v) is 6.20. The molecule has 0 spiro atoms. The van der Waals surface area contributed by atoms with Crippen LogP contribution in [0.5, 0.6) is 0 Å². The van der Waals surface area contributed by atoms with Crippen LogP contribution < -0.4 is 4.90 Å². The molecule has 122 valence electrons. The van der Waals surface area contributed by atoms with E-state index in [2.05, 4.69) is 4.90 Å². The molecule has 1 saturated heterocycles. The number of rotatable bonds is 3. The highest BCUT2D eigenvalue weighted by atomic mass is 32.1. The van der Waals surface area contributed by atoms with Crippen LogP contribution in [0.15, 0.2) is 35.9 Å². The Kier molecular flexibility index (Phi) is 5.06. The third-order valence-corrected chi connectivity index (χ3v) is 4.89. The molecule has 2 heterocycles. The van der Waals surface area contributed by atoms with Crippen LogP contribution in [0.2, 0.25) is 0 Å². The van der Waals surface area contributed by atoms with E-state index in [-0.39, 0.29) is 11.1 Å². The normalized spacial score (nSPS) is 13.4. The lowest BCUT2D eigenvalue weighted by atomic mass is 10.0. The first-order valence-electron chi connectivity index (χ1n) is 7.62. The van der Waals surface area contributed by atoms with Gasteiger partial charge in [-0.25, -0.2) is 4.98 Å². The molecular weight excluding hydrogens is 334 g/mol. The van der Waals surface area contributed by atoms with E-state index in [9.17, 15) is 15.8 Å². The molecule has 0 saturated carbocycles. The summed E-state index contributed by atoms with van der Waals surface area (Å²) in [6.07, 6.45) is 0. The van der Waals surface area contributed by atoms with Gasteiger partial charge in [0.25, 0.3) is 0 Å². The molecule has 0 bridgehead atoms. The monoisotopic (exact) mass is 347 g/mol. The van der Waals surface area contributed by atoms with Gasteiger partial charge in [0, 0.05) is 18.7 Å². The maximum Gasteiger partial charge on any atom is 0.186 e. The summed E-state index contributed by atoms with van der Waals surface area (Å²) in [5.74, 6) is 0. The molecule has 0 aliphatic carbocycles. The number of aromatic nitrogens is 1. The highest BCUT2D eigenvalue weighted by molar-refractivity contribution is 7.17. The van der Waals surface area contributed by atoms with Gasteiger partial charge >= 0.3 is 0 Å². The second kappa shape index (κ2) is 7.59. The van der Waals surface area contributed by atoms with Crippen molar-refractivity contribution in [3.8, 4) is 29.5 Å². The van der Waals surface area contributed by atoms with Crippen LogP contribution in [0.25, 0.3) is 16.8 Å². The predicted molar refractivity (Wildman–Crippen MR) is 94.3 cm³/mol. The van der Waals surface area contributed by atoms with Crippen molar-refractivity contribution in [1.82, 2.24) is 4.98 Å². The molecule has 1 aliphatic rings. The Morgan fingerprint density at radius 3 is 2.32 bits per heavy atom. The van der Waals surface area contributed by atoms with Crippen LogP contribution in [0.3, 0.4) is 0 Å². The first kappa shape index (κ1) is 16.7. The summed E-state index contributed by atoms with van der Waals surface area (Å²) < 4.78 is 5.37. The molecule has 0 unspecified atom stereocenters. The van der Waals surface area contributed by atoms with Gasteiger partial charge in [-0.15, -0.1) is 0 Å². The van der Waals surface area contributed by atoms with Crippen molar-refractivity contribution >= 4 is 22.0 Å². The molecule has 1 aliphatic heterocycles. The number of nitrogens with zero attached hydrogens (tertiary/aromatic N) is 5. The Morgan fingerprint density at radius 2 is 1.72 bits per heavy atom. The predicted octanol–water partition coefficient (Wildman–Crippen LogP) is 2.97. The van der Waals surface area contributed by atoms with Gasteiger partial charge in [-0.2, -0.15) is 15.8 Å². The maximum absolute atomic E-state index is 9.54. The van der Waals surface area contributed by atoms with E-state index in [1.54, 1.807) is 0 Å². The maximum atomic E-state index is 9.54. The molecule has 1 aromatic carbocycles. The zero-order valence-corrected chi connectivity index (χ0v) is 14.1. The van der Waals surface area contributed by atoms with Crippen molar-refractivity contribution < 1.29 is 4.74 Å². The van der Waals surface area contributed by atoms with E-state index >= 15 is 0 Å². The fourth-order valence-electron chi connectivity index (χ4n) is 2.52. The topological polar surface area (TPSA) is 96.7 Å². The fraction of sp³-hybridized carbons (Fsp3) is 0.222. The number of anilines is 1. The lowest BCUT2D eigenvalue weighted by molar-refractivity contribution is 0.122. The fourth-order valence-corrected chi connectivity index (χ4v) is 3.66. The number of hydrogen-bond donors (Lipinski definition) is 0. The summed E-state index contributed by atoms with van der Waals surface area (Å²) in [5.41, 5.74) is 1.33. The van der Waals surface area contributed by atoms with Gasteiger partial charge < -0.3 is 9.64 Å². The molecule has 0 amide bonds. The third kappa shape index (κ3) is 3.36. The highest BCUT2D eigenvalue weighted by Gasteiger charge is 2.23. The molecule has 0 N–H and O–H groups in total. The van der Waals surface area contributed by atoms with Crippen LogP contribution in [0.1, 0.15) is 4.88 Å². The van der Waals surface area contributed by atoms with Crippen molar-refractivity contribution in [3.63, 3.8) is 0 Å². The number of morpholine rings is 1. The summed E-state index contributed by atoms with van der Waals surface area (Å²) in [6, 6.07) is 15.1. The van der Waals surface area contributed by atoms with Crippen LogP contribution in [0.4, 0.5) is 5.13 Å². The van der Waals surface area contributed by atoms with Gasteiger partial charge in [0.05, 0.1) is 23.8 Å². The average Bonchev–Trinajstić information content (AvgIpc) is 3.12. The van der Waals surface area contributed by atoms with E-state index in [4.69, 9.17) is 9.72 Å². The Balaban J connectivity index is 2.18. The summed E-state index contributed by atoms with van der Waals surface area (Å²) in [7, 11) is 0. The molecule has 7 heteroatoms. The van der Waals surface area contributed by atoms with Gasteiger partial charge in [0.15, 0.2) is 5.13 Å². The van der Waals surface area contributed by atoms with Crippen LogP contribution in [-0.2, 0) is 4.74 Å². The number of hydrogen-bond acceptors (Lipinski definition) is 7. The first-order valence-corrected chi connectivity index (χ1v) is 8.44. The summed E-state index contributed by atoms with van der Waals surface area (Å²) >= 11 is 1.33.